The van der Waals surface area contributed by atoms with Gasteiger partial charge in [-0.3, -0.25) is 0 Å². The SMILES string of the molecule is C=CCCCCOc1[c-]cc(Cl)cc1.[Zn+][Br]. The molecule has 0 saturated carbocycles. The minimum absolute atomic E-state index is 0.684. The zero-order valence-electron chi connectivity index (χ0n) is 9.22. The van der Waals surface area contributed by atoms with E-state index in [2.05, 4.69) is 26.3 Å². The summed E-state index contributed by atoms with van der Waals surface area (Å²) >= 11 is 9.97. The number of halogens is 2. The Labute approximate surface area is 119 Å². The van der Waals surface area contributed by atoms with E-state index in [9.17, 15) is 0 Å². The van der Waals surface area contributed by atoms with Crippen LogP contribution in [0, 0.1) is 6.07 Å². The first-order valence-electron chi connectivity index (χ1n) is 5.00. The molecule has 1 aromatic carbocycles. The molecule has 0 unspecified atom stereocenters. The third-order valence-corrected chi connectivity index (χ3v) is 2.04. The van der Waals surface area contributed by atoms with E-state index in [0.717, 1.165) is 31.6 Å². The second-order valence-electron chi connectivity index (χ2n) is 3.00. The number of benzene rings is 1. The van der Waals surface area contributed by atoms with Crippen molar-refractivity contribution in [2.24, 2.45) is 0 Å². The maximum atomic E-state index is 5.72. The van der Waals surface area contributed by atoms with Crippen molar-refractivity contribution in [3.05, 3.63) is 41.9 Å². The fraction of sp³-hybridized carbons (Fsp3) is 0.333. The van der Waals surface area contributed by atoms with Gasteiger partial charge in [-0.2, -0.15) is 23.7 Å². The van der Waals surface area contributed by atoms with E-state index in [4.69, 9.17) is 16.3 Å². The summed E-state index contributed by atoms with van der Waals surface area (Å²) in [5, 5.41) is 0.684. The number of unbranched alkanes of at least 4 members (excludes halogenated alkanes) is 2. The van der Waals surface area contributed by atoms with Crippen LogP contribution in [-0.4, -0.2) is 6.61 Å². The predicted molar refractivity (Wildman–Crippen MR) is 68.8 cm³/mol. The molecular weight excluding hydrogens is 341 g/mol. The molecule has 0 aliphatic heterocycles. The van der Waals surface area contributed by atoms with Gasteiger partial charge in [-0.25, -0.2) is 0 Å². The second kappa shape index (κ2) is 11.6. The molecule has 0 N–H and O–H groups in total. The van der Waals surface area contributed by atoms with Gasteiger partial charge >= 0.3 is 30.0 Å². The summed E-state index contributed by atoms with van der Waals surface area (Å²) in [6.45, 7) is 4.39. The molecule has 4 heteroatoms. The Hall–Kier alpha value is 0.153. The summed E-state index contributed by atoms with van der Waals surface area (Å²) in [5.74, 6) is 0.757. The van der Waals surface area contributed by atoms with Crippen LogP contribution < -0.4 is 4.74 Å². The van der Waals surface area contributed by atoms with E-state index in [-0.39, 0.29) is 0 Å². The molecule has 0 aromatic heterocycles. The molecule has 0 aliphatic rings. The zero-order chi connectivity index (χ0) is 12.2. The molecular formula is C12H14BrClOZn. The van der Waals surface area contributed by atoms with Gasteiger partial charge in [0.25, 0.3) is 0 Å². The average Bonchev–Trinajstić information content (AvgIpc) is 2.34. The van der Waals surface area contributed by atoms with Gasteiger partial charge in [-0.05, 0) is 19.3 Å². The summed E-state index contributed by atoms with van der Waals surface area (Å²) in [7, 11) is 0. The Kier molecular flexibility index (Phi) is 11.7. The van der Waals surface area contributed by atoms with Crippen molar-refractivity contribution >= 4 is 25.2 Å². The van der Waals surface area contributed by atoms with Crippen LogP contribution in [0.5, 0.6) is 5.75 Å². The summed E-state index contributed by atoms with van der Waals surface area (Å²) in [6, 6.07) is 8.29. The quantitative estimate of drug-likeness (QED) is 0.311. The molecule has 1 nitrogen and oxygen atoms in total. The number of ether oxygens (including phenoxy) is 1. The Morgan fingerprint density at radius 3 is 2.75 bits per heavy atom. The zero-order valence-corrected chi connectivity index (χ0v) is 14.5. The first kappa shape index (κ1) is 16.2. The summed E-state index contributed by atoms with van der Waals surface area (Å²) in [5.41, 5.74) is 0. The van der Waals surface area contributed by atoms with Gasteiger partial charge in [0.2, 0.25) is 0 Å². The Morgan fingerprint density at radius 1 is 1.44 bits per heavy atom. The van der Waals surface area contributed by atoms with Crippen molar-refractivity contribution in [3.8, 4) is 5.75 Å². The van der Waals surface area contributed by atoms with Crippen molar-refractivity contribution in [2.75, 3.05) is 6.61 Å². The van der Waals surface area contributed by atoms with E-state index in [1.165, 1.54) is 16.3 Å². The van der Waals surface area contributed by atoms with Gasteiger partial charge in [0.15, 0.2) is 0 Å². The summed E-state index contributed by atoms with van der Waals surface area (Å²) in [6.07, 6.45) is 5.14. The number of rotatable bonds is 6. The topological polar surface area (TPSA) is 9.23 Å². The molecule has 0 amide bonds. The summed E-state index contributed by atoms with van der Waals surface area (Å²) in [4.78, 5) is 0. The fourth-order valence-corrected chi connectivity index (χ4v) is 1.17. The Bertz CT molecular complexity index is 277. The van der Waals surface area contributed by atoms with Gasteiger partial charge in [0.05, 0.1) is 6.61 Å². The Balaban J connectivity index is 0.00000106. The molecule has 1 rings (SSSR count). The van der Waals surface area contributed by atoms with E-state index in [1.807, 2.05) is 12.1 Å². The third-order valence-electron chi connectivity index (χ3n) is 1.81. The van der Waals surface area contributed by atoms with E-state index in [1.54, 1.807) is 12.1 Å². The second-order valence-corrected chi connectivity index (χ2v) is 3.44. The normalized spacial score (nSPS) is 9.00. The first-order chi connectivity index (χ1) is 7.83. The van der Waals surface area contributed by atoms with Crippen molar-refractivity contribution in [1.82, 2.24) is 0 Å². The number of hydrogen-bond donors (Lipinski definition) is 0. The van der Waals surface area contributed by atoms with Crippen LogP contribution in [0.1, 0.15) is 19.3 Å². The van der Waals surface area contributed by atoms with Crippen molar-refractivity contribution in [1.29, 1.82) is 0 Å². The van der Waals surface area contributed by atoms with Crippen LogP contribution in [-0.2, 0) is 16.3 Å². The molecule has 16 heavy (non-hydrogen) atoms. The average molecular weight is 355 g/mol. The monoisotopic (exact) mass is 352 g/mol. The molecule has 0 heterocycles. The minimum atomic E-state index is 0.684. The van der Waals surface area contributed by atoms with Crippen molar-refractivity contribution in [2.45, 2.75) is 19.3 Å². The van der Waals surface area contributed by atoms with Crippen LogP contribution >= 0.6 is 25.2 Å². The first-order valence-corrected chi connectivity index (χ1v) is 12.3. The third kappa shape index (κ3) is 8.32. The van der Waals surface area contributed by atoms with Crippen molar-refractivity contribution < 1.29 is 21.1 Å². The van der Waals surface area contributed by atoms with Crippen molar-refractivity contribution in [3.63, 3.8) is 0 Å². The predicted octanol–water partition coefficient (Wildman–Crippen LogP) is 4.72. The Morgan fingerprint density at radius 2 is 2.19 bits per heavy atom. The van der Waals surface area contributed by atoms with Gasteiger partial charge in [0, 0.05) is 5.75 Å². The van der Waals surface area contributed by atoms with Crippen LogP contribution in [0.15, 0.2) is 30.9 Å². The van der Waals surface area contributed by atoms with Crippen LogP contribution in [0.4, 0.5) is 0 Å². The van der Waals surface area contributed by atoms with Gasteiger partial charge in [-0.15, -0.1) is 18.7 Å². The van der Waals surface area contributed by atoms with Gasteiger partial charge in [-0.1, -0.05) is 11.1 Å². The molecule has 0 aliphatic carbocycles. The standard InChI is InChI=1S/C12H14ClO.BrH.Zn/c1-2-3-4-5-10-14-12-8-6-11(13)7-9-12;;/h2,6-8H,1,3-5,10H2;1H;/q-1;;+2/p-1. The van der Waals surface area contributed by atoms with Crippen LogP contribution in [0.25, 0.3) is 0 Å². The molecule has 1 aromatic rings. The molecule has 0 atom stereocenters. The van der Waals surface area contributed by atoms with E-state index in [0.29, 0.717) is 5.02 Å². The molecule has 0 bridgehead atoms. The maximum absolute atomic E-state index is 5.72. The molecule has 0 saturated heterocycles. The number of hydrogen-bond acceptors (Lipinski definition) is 1. The molecule has 0 fully saturated rings. The van der Waals surface area contributed by atoms with E-state index >= 15 is 0 Å². The molecule has 84 valence electrons. The van der Waals surface area contributed by atoms with Gasteiger partial charge in [0.1, 0.15) is 0 Å². The van der Waals surface area contributed by atoms with E-state index < -0.39 is 0 Å². The summed E-state index contributed by atoms with van der Waals surface area (Å²) < 4.78 is 5.46. The van der Waals surface area contributed by atoms with Gasteiger partial charge < -0.3 is 4.74 Å². The fourth-order valence-electron chi connectivity index (χ4n) is 1.05. The molecule has 0 spiro atoms. The van der Waals surface area contributed by atoms with Crippen LogP contribution in [0.2, 0.25) is 5.02 Å². The number of allylic oxidation sites excluding steroid dienone is 1. The van der Waals surface area contributed by atoms with Crippen LogP contribution in [0.3, 0.4) is 0 Å². The molecule has 0 radical (unpaired) electrons.